The topological polar surface area (TPSA) is 20.2 Å². The lowest BCUT2D eigenvalue weighted by Gasteiger charge is -2.13. The van der Waals surface area contributed by atoms with Crippen molar-refractivity contribution in [2.24, 2.45) is 0 Å². The molecule has 0 aliphatic carbocycles. The molecule has 0 aromatic heterocycles. The molecule has 0 heterocycles. The summed E-state index contributed by atoms with van der Waals surface area (Å²) in [7, 11) is 0. The van der Waals surface area contributed by atoms with Gasteiger partial charge in [0.05, 0.1) is 6.10 Å². The Kier molecular flexibility index (Phi) is 3.94. The summed E-state index contributed by atoms with van der Waals surface area (Å²) in [6.45, 7) is 0. The average molecular weight is 269 g/mol. The molecule has 1 N–H and O–H groups in total. The second-order valence-corrected chi connectivity index (χ2v) is 4.39. The van der Waals surface area contributed by atoms with E-state index in [0.717, 1.165) is 0 Å². The third kappa shape index (κ3) is 2.86. The lowest BCUT2D eigenvalue weighted by molar-refractivity contribution is 0.173. The first-order chi connectivity index (χ1) is 8.58. The molecule has 4 heteroatoms. The summed E-state index contributed by atoms with van der Waals surface area (Å²) in [6, 6.07) is 9.94. The van der Waals surface area contributed by atoms with E-state index in [1.54, 1.807) is 12.1 Å². The van der Waals surface area contributed by atoms with Crippen LogP contribution in [0.2, 0.25) is 5.02 Å². The maximum atomic E-state index is 13.6. The normalized spacial score (nSPS) is 12.4. The highest BCUT2D eigenvalue weighted by Gasteiger charge is 2.16. The van der Waals surface area contributed by atoms with E-state index in [2.05, 4.69) is 0 Å². The summed E-state index contributed by atoms with van der Waals surface area (Å²) >= 11 is 5.86. The number of rotatable bonds is 3. The maximum Gasteiger partial charge on any atom is 0.130 e. The van der Waals surface area contributed by atoms with E-state index in [0.29, 0.717) is 5.56 Å². The van der Waals surface area contributed by atoms with E-state index in [1.807, 2.05) is 0 Å². The van der Waals surface area contributed by atoms with E-state index < -0.39 is 11.9 Å². The molecule has 0 saturated carbocycles. The molecule has 0 amide bonds. The molecule has 0 fully saturated rings. The molecule has 1 nitrogen and oxygen atoms in total. The Bertz CT molecular complexity index is 520. The number of benzene rings is 2. The van der Waals surface area contributed by atoms with Crippen molar-refractivity contribution in [3.63, 3.8) is 0 Å². The molecule has 0 radical (unpaired) electrons. The van der Waals surface area contributed by atoms with E-state index in [4.69, 9.17) is 11.6 Å². The van der Waals surface area contributed by atoms with Gasteiger partial charge in [-0.15, -0.1) is 0 Å². The summed E-state index contributed by atoms with van der Waals surface area (Å²) in [5.41, 5.74) is 0.784. The fourth-order valence-electron chi connectivity index (χ4n) is 1.77. The molecule has 1 unspecified atom stereocenters. The largest absolute Gasteiger partial charge is 0.388 e. The zero-order valence-electron chi connectivity index (χ0n) is 9.41. The lowest BCUT2D eigenvalue weighted by Crippen LogP contribution is -2.05. The molecule has 0 bridgehead atoms. The summed E-state index contributed by atoms with van der Waals surface area (Å²) in [6.07, 6.45) is -0.870. The summed E-state index contributed by atoms with van der Waals surface area (Å²) in [5.74, 6) is -0.894. The van der Waals surface area contributed by atoms with E-state index in [-0.39, 0.29) is 22.8 Å². The third-order valence-electron chi connectivity index (χ3n) is 2.68. The predicted molar refractivity (Wildman–Crippen MR) is 66.5 cm³/mol. The molecule has 2 aromatic rings. The van der Waals surface area contributed by atoms with Crippen molar-refractivity contribution in [2.45, 2.75) is 12.5 Å². The highest BCUT2D eigenvalue weighted by Crippen LogP contribution is 2.28. The van der Waals surface area contributed by atoms with Gasteiger partial charge in [-0.3, -0.25) is 0 Å². The van der Waals surface area contributed by atoms with Gasteiger partial charge >= 0.3 is 0 Å². The first kappa shape index (κ1) is 13.0. The Morgan fingerprint density at radius 3 is 2.33 bits per heavy atom. The Labute approximate surface area is 109 Å². The molecule has 0 aliphatic heterocycles. The van der Waals surface area contributed by atoms with Gasteiger partial charge in [0.1, 0.15) is 11.6 Å². The number of halogens is 3. The van der Waals surface area contributed by atoms with Crippen LogP contribution in [0.25, 0.3) is 0 Å². The van der Waals surface area contributed by atoms with Crippen LogP contribution in [0.15, 0.2) is 42.5 Å². The molecule has 18 heavy (non-hydrogen) atoms. The Hall–Kier alpha value is -1.45. The van der Waals surface area contributed by atoms with Crippen LogP contribution in [-0.4, -0.2) is 5.11 Å². The van der Waals surface area contributed by atoms with Gasteiger partial charge in [-0.25, -0.2) is 8.78 Å². The monoisotopic (exact) mass is 268 g/mol. The molecule has 0 saturated heterocycles. The van der Waals surface area contributed by atoms with Gasteiger partial charge in [0.25, 0.3) is 0 Å². The number of aliphatic hydroxyl groups excluding tert-OH is 1. The first-order valence-corrected chi connectivity index (χ1v) is 5.82. The van der Waals surface area contributed by atoms with E-state index in [1.165, 1.54) is 30.3 Å². The van der Waals surface area contributed by atoms with Crippen molar-refractivity contribution in [1.29, 1.82) is 0 Å². The van der Waals surface area contributed by atoms with Crippen molar-refractivity contribution in [2.75, 3.05) is 0 Å². The summed E-state index contributed by atoms with van der Waals surface area (Å²) in [5, 5.41) is 10.2. The van der Waals surface area contributed by atoms with Gasteiger partial charge in [-0.1, -0.05) is 29.8 Å². The Balaban J connectivity index is 2.22. The van der Waals surface area contributed by atoms with Crippen LogP contribution < -0.4 is 0 Å². The first-order valence-electron chi connectivity index (χ1n) is 5.44. The van der Waals surface area contributed by atoms with Crippen LogP contribution in [0.4, 0.5) is 8.78 Å². The fraction of sp³-hybridized carbons (Fsp3) is 0.143. The van der Waals surface area contributed by atoms with Crippen molar-refractivity contribution >= 4 is 11.6 Å². The Morgan fingerprint density at radius 2 is 1.72 bits per heavy atom. The molecule has 2 aromatic carbocycles. The van der Waals surface area contributed by atoms with Gasteiger partial charge in [0, 0.05) is 17.0 Å². The van der Waals surface area contributed by atoms with Crippen molar-refractivity contribution < 1.29 is 13.9 Å². The van der Waals surface area contributed by atoms with Crippen LogP contribution in [0.5, 0.6) is 0 Å². The minimum Gasteiger partial charge on any atom is -0.388 e. The lowest BCUT2D eigenvalue weighted by atomic mass is 10.0. The minimum absolute atomic E-state index is 0.0727. The van der Waals surface area contributed by atoms with Gasteiger partial charge < -0.3 is 5.11 Å². The van der Waals surface area contributed by atoms with Crippen molar-refractivity contribution in [3.05, 3.63) is 70.2 Å². The minimum atomic E-state index is -1.05. The second-order valence-electron chi connectivity index (χ2n) is 3.98. The van der Waals surface area contributed by atoms with Crippen LogP contribution in [-0.2, 0) is 6.42 Å². The van der Waals surface area contributed by atoms with Crippen molar-refractivity contribution in [3.8, 4) is 0 Å². The molecule has 1 atom stereocenters. The third-order valence-corrected chi connectivity index (χ3v) is 3.00. The predicted octanol–water partition coefficient (Wildman–Crippen LogP) is 3.89. The van der Waals surface area contributed by atoms with Gasteiger partial charge in [-0.2, -0.15) is 0 Å². The molecule has 94 valence electrons. The zero-order valence-corrected chi connectivity index (χ0v) is 10.2. The molecule has 0 aliphatic rings. The van der Waals surface area contributed by atoms with Crippen molar-refractivity contribution in [1.82, 2.24) is 0 Å². The highest BCUT2D eigenvalue weighted by atomic mass is 35.5. The SMILES string of the molecule is OC(Cc1ccc(F)cc1)c1c(F)cccc1Cl. The van der Waals surface area contributed by atoms with Gasteiger partial charge in [0.15, 0.2) is 0 Å². The second kappa shape index (κ2) is 5.46. The average Bonchev–Trinajstić information content (AvgIpc) is 2.32. The van der Waals surface area contributed by atoms with E-state index in [9.17, 15) is 13.9 Å². The van der Waals surface area contributed by atoms with Crippen LogP contribution >= 0.6 is 11.6 Å². The van der Waals surface area contributed by atoms with Crippen LogP contribution in [0, 0.1) is 11.6 Å². The standard InChI is InChI=1S/C14H11ClF2O/c15-11-2-1-3-12(17)14(11)13(18)8-9-4-6-10(16)7-5-9/h1-7,13,18H,8H2. The summed E-state index contributed by atoms with van der Waals surface area (Å²) < 4.78 is 26.3. The quantitative estimate of drug-likeness (QED) is 0.895. The number of aliphatic hydroxyl groups is 1. The highest BCUT2D eigenvalue weighted by molar-refractivity contribution is 6.31. The maximum absolute atomic E-state index is 13.6. The molecule has 0 spiro atoms. The van der Waals surface area contributed by atoms with Gasteiger partial charge in [-0.05, 0) is 29.8 Å². The summed E-state index contributed by atoms with van der Waals surface area (Å²) in [4.78, 5) is 0. The fourth-order valence-corrected chi connectivity index (χ4v) is 2.06. The number of hydrogen-bond donors (Lipinski definition) is 1. The van der Waals surface area contributed by atoms with Crippen LogP contribution in [0.1, 0.15) is 17.2 Å². The molecule has 2 rings (SSSR count). The smallest absolute Gasteiger partial charge is 0.130 e. The van der Waals surface area contributed by atoms with Gasteiger partial charge in [0.2, 0.25) is 0 Å². The Morgan fingerprint density at radius 1 is 1.06 bits per heavy atom. The molecular weight excluding hydrogens is 258 g/mol. The van der Waals surface area contributed by atoms with Crippen LogP contribution in [0.3, 0.4) is 0 Å². The molecular formula is C14H11ClF2O. The number of hydrogen-bond acceptors (Lipinski definition) is 1. The van der Waals surface area contributed by atoms with E-state index >= 15 is 0 Å². The zero-order chi connectivity index (χ0) is 13.1.